The van der Waals surface area contributed by atoms with E-state index in [0.29, 0.717) is 6.54 Å². The number of ether oxygens (including phenoxy) is 1. The summed E-state index contributed by atoms with van der Waals surface area (Å²) in [5.74, 6) is 0.783. The molecule has 8 nitrogen and oxygen atoms in total. The lowest BCUT2D eigenvalue weighted by atomic mass is 10.2. The van der Waals surface area contributed by atoms with Gasteiger partial charge < -0.3 is 26.0 Å². The van der Waals surface area contributed by atoms with Crippen molar-refractivity contribution in [1.29, 1.82) is 0 Å². The van der Waals surface area contributed by atoms with Crippen LogP contribution in [0.5, 0.6) is 0 Å². The summed E-state index contributed by atoms with van der Waals surface area (Å²) in [4.78, 5) is 16.6. The predicted molar refractivity (Wildman–Crippen MR) is 118 cm³/mol. The van der Waals surface area contributed by atoms with Crippen molar-refractivity contribution in [2.24, 2.45) is 5.73 Å². The Morgan fingerprint density at radius 3 is 2.90 bits per heavy atom. The van der Waals surface area contributed by atoms with E-state index in [9.17, 15) is 0 Å². The van der Waals surface area contributed by atoms with E-state index in [2.05, 4.69) is 42.6 Å². The van der Waals surface area contributed by atoms with Gasteiger partial charge in [-0.15, -0.1) is 0 Å². The fraction of sp³-hybridized carbons (Fsp3) is 0.350. The molecule has 0 aliphatic carbocycles. The standard InChI is InChI=1S/C20H25N7OS/c21-3-1-4-23-16-10-15(12-22-13-16)18-14-25-20(29-18)26-19-11-17(2-5-24-19)27-6-8-28-9-7-27/h2,5,10-14,23H,1,3-4,6-9,21H2,(H,24,25,26). The van der Waals surface area contributed by atoms with Crippen molar-refractivity contribution in [1.82, 2.24) is 15.0 Å². The molecule has 3 aromatic rings. The quantitative estimate of drug-likeness (QED) is 0.487. The summed E-state index contributed by atoms with van der Waals surface area (Å²) in [6, 6.07) is 6.16. The highest BCUT2D eigenvalue weighted by Gasteiger charge is 2.12. The van der Waals surface area contributed by atoms with Crippen LogP contribution >= 0.6 is 11.3 Å². The molecule has 1 saturated heterocycles. The first-order chi connectivity index (χ1) is 14.3. The summed E-state index contributed by atoms with van der Waals surface area (Å²) in [6.07, 6.45) is 8.28. The number of nitrogens with zero attached hydrogens (tertiary/aromatic N) is 4. The normalized spacial score (nSPS) is 14.0. The van der Waals surface area contributed by atoms with Crippen LogP contribution in [0.25, 0.3) is 10.4 Å². The molecule has 0 bridgehead atoms. The van der Waals surface area contributed by atoms with Gasteiger partial charge in [-0.1, -0.05) is 11.3 Å². The maximum absolute atomic E-state index is 5.55. The number of hydrogen-bond donors (Lipinski definition) is 3. The van der Waals surface area contributed by atoms with E-state index in [-0.39, 0.29) is 0 Å². The van der Waals surface area contributed by atoms with Crippen LogP contribution in [0, 0.1) is 0 Å². The molecule has 152 valence electrons. The monoisotopic (exact) mass is 411 g/mol. The van der Waals surface area contributed by atoms with Crippen molar-refractivity contribution in [2.45, 2.75) is 6.42 Å². The summed E-state index contributed by atoms with van der Waals surface area (Å²) < 4.78 is 5.43. The maximum atomic E-state index is 5.55. The van der Waals surface area contributed by atoms with Crippen LogP contribution in [0.15, 0.2) is 43.0 Å². The fourth-order valence-electron chi connectivity index (χ4n) is 3.09. The number of hydrogen-bond acceptors (Lipinski definition) is 9. The third-order valence-electron chi connectivity index (χ3n) is 4.59. The molecule has 1 aliphatic heterocycles. The highest BCUT2D eigenvalue weighted by Crippen LogP contribution is 2.31. The number of rotatable bonds is 8. The number of anilines is 4. The van der Waals surface area contributed by atoms with E-state index in [1.165, 1.54) is 0 Å². The van der Waals surface area contributed by atoms with Gasteiger partial charge in [-0.3, -0.25) is 4.98 Å². The van der Waals surface area contributed by atoms with Gasteiger partial charge in [0.05, 0.1) is 23.8 Å². The van der Waals surface area contributed by atoms with Crippen LogP contribution in [-0.4, -0.2) is 54.3 Å². The minimum absolute atomic E-state index is 0.671. The van der Waals surface area contributed by atoms with E-state index >= 15 is 0 Å². The van der Waals surface area contributed by atoms with Crippen LogP contribution in [-0.2, 0) is 4.74 Å². The Morgan fingerprint density at radius 2 is 2.03 bits per heavy atom. The summed E-state index contributed by atoms with van der Waals surface area (Å²) in [7, 11) is 0. The third kappa shape index (κ3) is 5.20. The molecule has 0 spiro atoms. The van der Waals surface area contributed by atoms with Crippen LogP contribution < -0.4 is 21.3 Å². The van der Waals surface area contributed by atoms with Gasteiger partial charge in [0, 0.05) is 61.7 Å². The molecule has 1 fully saturated rings. The molecule has 4 N–H and O–H groups in total. The largest absolute Gasteiger partial charge is 0.384 e. The Balaban J connectivity index is 1.44. The molecule has 0 saturated carbocycles. The molecule has 4 heterocycles. The van der Waals surface area contributed by atoms with Crippen LogP contribution in [0.2, 0.25) is 0 Å². The van der Waals surface area contributed by atoms with Gasteiger partial charge in [0.2, 0.25) is 0 Å². The van der Waals surface area contributed by atoms with Crippen LogP contribution in [0.3, 0.4) is 0 Å². The lowest BCUT2D eigenvalue weighted by molar-refractivity contribution is 0.122. The number of morpholine rings is 1. The lowest BCUT2D eigenvalue weighted by Gasteiger charge is -2.28. The Bertz CT molecular complexity index is 926. The van der Waals surface area contributed by atoms with Crippen LogP contribution in [0.4, 0.5) is 22.3 Å². The molecule has 0 aromatic carbocycles. The number of aromatic nitrogens is 3. The van der Waals surface area contributed by atoms with Gasteiger partial charge in [-0.25, -0.2) is 9.97 Å². The number of nitrogens with two attached hydrogens (primary N) is 1. The van der Waals surface area contributed by atoms with Gasteiger partial charge >= 0.3 is 0 Å². The third-order valence-corrected chi connectivity index (χ3v) is 5.56. The average Bonchev–Trinajstić information content (AvgIpc) is 3.24. The lowest BCUT2D eigenvalue weighted by Crippen LogP contribution is -2.36. The van der Waals surface area contributed by atoms with Crippen molar-refractivity contribution in [3.05, 3.63) is 43.0 Å². The predicted octanol–water partition coefficient (Wildman–Crippen LogP) is 2.94. The molecule has 0 radical (unpaired) electrons. The van der Waals surface area contributed by atoms with Crippen molar-refractivity contribution < 1.29 is 4.74 Å². The van der Waals surface area contributed by atoms with Crippen molar-refractivity contribution >= 4 is 33.7 Å². The van der Waals surface area contributed by atoms with Crippen molar-refractivity contribution in [2.75, 3.05) is 54.9 Å². The van der Waals surface area contributed by atoms with Crippen molar-refractivity contribution in [3.63, 3.8) is 0 Å². The van der Waals surface area contributed by atoms with Gasteiger partial charge in [-0.05, 0) is 25.1 Å². The van der Waals surface area contributed by atoms with E-state index in [4.69, 9.17) is 10.5 Å². The number of nitrogens with one attached hydrogen (secondary N) is 2. The number of thiazole rings is 1. The van der Waals surface area contributed by atoms with E-state index in [1.807, 2.05) is 30.9 Å². The van der Waals surface area contributed by atoms with Gasteiger partial charge in [-0.2, -0.15) is 0 Å². The second-order valence-electron chi connectivity index (χ2n) is 6.68. The highest BCUT2D eigenvalue weighted by molar-refractivity contribution is 7.18. The summed E-state index contributed by atoms with van der Waals surface area (Å²) >= 11 is 1.58. The Hall–Kier alpha value is -2.75. The molecule has 29 heavy (non-hydrogen) atoms. The smallest absolute Gasteiger partial charge is 0.188 e. The minimum Gasteiger partial charge on any atom is -0.384 e. The molecular weight excluding hydrogens is 386 g/mol. The minimum atomic E-state index is 0.671. The zero-order valence-corrected chi connectivity index (χ0v) is 17.0. The molecule has 3 aromatic heterocycles. The summed E-state index contributed by atoms with van der Waals surface area (Å²) in [5.41, 5.74) is 8.71. The van der Waals surface area contributed by atoms with E-state index < -0.39 is 0 Å². The summed E-state index contributed by atoms with van der Waals surface area (Å²) in [6.45, 7) is 4.82. The van der Waals surface area contributed by atoms with Crippen molar-refractivity contribution in [3.8, 4) is 10.4 Å². The topological polar surface area (TPSA) is 101 Å². The first-order valence-corrected chi connectivity index (χ1v) is 10.5. The Morgan fingerprint density at radius 1 is 1.14 bits per heavy atom. The molecule has 0 atom stereocenters. The fourth-order valence-corrected chi connectivity index (χ4v) is 3.89. The first kappa shape index (κ1) is 19.6. The first-order valence-electron chi connectivity index (χ1n) is 9.73. The van der Waals surface area contributed by atoms with E-state index in [0.717, 1.165) is 72.0 Å². The zero-order chi connectivity index (χ0) is 19.9. The molecule has 1 aliphatic rings. The van der Waals surface area contributed by atoms with Crippen LogP contribution in [0.1, 0.15) is 6.42 Å². The van der Waals surface area contributed by atoms with Gasteiger partial charge in [0.25, 0.3) is 0 Å². The summed E-state index contributed by atoms with van der Waals surface area (Å²) in [5, 5.41) is 7.46. The highest BCUT2D eigenvalue weighted by atomic mass is 32.1. The second-order valence-corrected chi connectivity index (χ2v) is 7.72. The molecule has 9 heteroatoms. The molecule has 0 amide bonds. The molecule has 0 unspecified atom stereocenters. The SMILES string of the molecule is NCCCNc1cncc(-c2cnc(Nc3cc(N4CCOCC4)ccn3)s2)c1. The number of pyridine rings is 2. The Kier molecular flexibility index (Phi) is 6.50. The van der Waals surface area contributed by atoms with E-state index in [1.54, 1.807) is 11.3 Å². The Labute approximate surface area is 174 Å². The molecular formula is C20H25N7OS. The second kappa shape index (κ2) is 9.64. The zero-order valence-electron chi connectivity index (χ0n) is 16.2. The maximum Gasteiger partial charge on any atom is 0.188 e. The van der Waals surface area contributed by atoms with Gasteiger partial charge in [0.1, 0.15) is 5.82 Å². The average molecular weight is 412 g/mol. The molecule has 4 rings (SSSR count). The van der Waals surface area contributed by atoms with Gasteiger partial charge in [0.15, 0.2) is 5.13 Å².